The van der Waals surface area contributed by atoms with Crippen molar-refractivity contribution in [1.29, 1.82) is 0 Å². The van der Waals surface area contributed by atoms with Gasteiger partial charge in [0.15, 0.2) is 5.78 Å². The first-order chi connectivity index (χ1) is 25.8. The lowest BCUT2D eigenvalue weighted by Gasteiger charge is -2.64. The van der Waals surface area contributed by atoms with Crippen LogP contribution in [0.5, 0.6) is 0 Å². The van der Waals surface area contributed by atoms with Gasteiger partial charge in [-0.3, -0.25) is 4.79 Å². The maximum Gasteiger partial charge on any atom is 0.159 e. The second-order valence-corrected chi connectivity index (χ2v) is 19.8. The number of aliphatic hydroxyl groups is 5. The monoisotopic (exact) mass is 751 g/mol. The second kappa shape index (κ2) is 14.7. The predicted octanol–water partition coefficient (Wildman–Crippen LogP) is 5.57. The Labute approximate surface area is 323 Å². The molecule has 0 amide bonds. The van der Waals surface area contributed by atoms with Gasteiger partial charge < -0.3 is 41.3 Å². The maximum absolute atomic E-state index is 14.4. The standard InChI is InChI=1S/C45H70N2O7/c1-4-7-27-10-13-30-26(2)40(54-37(30)14-11-27)41(51)42(3,52)38-18-21-45(53)32-22-34(48)33-23-35(49)36(50)24-43(33,19-16-28-12-15-39(46)47-25-28)31(32)17-20-44(38,45)29-8-5-6-9-29/h12,15,22,25-27,29-31,33,35-41,47,49-53H,4-11,13-14,16-21,23-24,46H2,1-3H3. The molecule has 16 unspecified atom stereocenters. The summed E-state index contributed by atoms with van der Waals surface area (Å²) >= 11 is 0. The summed E-state index contributed by atoms with van der Waals surface area (Å²) in [4.78, 5) is 14.4. The van der Waals surface area contributed by atoms with E-state index in [0.717, 1.165) is 68.4 Å². The third kappa shape index (κ3) is 6.07. The van der Waals surface area contributed by atoms with Crippen LogP contribution in [0.4, 0.5) is 0 Å². The highest BCUT2D eigenvalue weighted by Gasteiger charge is 2.73. The summed E-state index contributed by atoms with van der Waals surface area (Å²) in [5.41, 5.74) is 3.75. The van der Waals surface area contributed by atoms with Crippen LogP contribution in [0.2, 0.25) is 0 Å². The number of nitrogens with one attached hydrogen (secondary N) is 1. The van der Waals surface area contributed by atoms with Gasteiger partial charge in [0, 0.05) is 17.5 Å². The molecule has 2 heterocycles. The molecule has 8 aliphatic rings. The fraction of sp³-hybridized carbons (Fsp3) is 0.844. The van der Waals surface area contributed by atoms with E-state index in [1.54, 1.807) is 6.08 Å². The molecular formula is C45H70N2O7. The van der Waals surface area contributed by atoms with Crippen LogP contribution in [0, 0.1) is 52.3 Å². The van der Waals surface area contributed by atoms with Gasteiger partial charge in [-0.25, -0.2) is 0 Å². The number of carbonyl (C=O) groups excluding carboxylic acids is 1. The average molecular weight is 751 g/mol. The molecule has 8 N–H and O–H groups in total. The van der Waals surface area contributed by atoms with Crippen molar-refractivity contribution in [2.24, 2.45) is 58.0 Å². The zero-order chi connectivity index (χ0) is 38.2. The summed E-state index contributed by atoms with van der Waals surface area (Å²) in [5.74, 6) is 0.397. The molecule has 0 aromatic heterocycles. The number of carbonyl (C=O) groups is 1. The molecule has 302 valence electrons. The first-order valence-electron chi connectivity index (χ1n) is 22.1. The molecule has 0 radical (unpaired) electrons. The molecule has 6 aliphatic carbocycles. The van der Waals surface area contributed by atoms with E-state index < -0.39 is 52.4 Å². The maximum atomic E-state index is 14.4. The van der Waals surface area contributed by atoms with Crippen molar-refractivity contribution in [3.8, 4) is 0 Å². The van der Waals surface area contributed by atoms with E-state index in [2.05, 4.69) is 19.2 Å². The topological polar surface area (TPSA) is 166 Å². The molecule has 2 aliphatic heterocycles. The number of rotatable bonds is 9. The number of ether oxygens (including phenoxy) is 1. The van der Waals surface area contributed by atoms with Crippen LogP contribution in [0.1, 0.15) is 136 Å². The Bertz CT molecular complexity index is 1500. The predicted molar refractivity (Wildman–Crippen MR) is 207 cm³/mol. The van der Waals surface area contributed by atoms with Gasteiger partial charge in [0.05, 0.1) is 41.8 Å². The van der Waals surface area contributed by atoms with Crippen molar-refractivity contribution in [1.82, 2.24) is 5.32 Å². The van der Waals surface area contributed by atoms with Gasteiger partial charge >= 0.3 is 0 Å². The lowest BCUT2D eigenvalue weighted by molar-refractivity contribution is -0.216. The second-order valence-electron chi connectivity index (χ2n) is 19.8. The lowest BCUT2D eigenvalue weighted by atomic mass is 9.42. The lowest BCUT2D eigenvalue weighted by Crippen LogP contribution is -2.66. The van der Waals surface area contributed by atoms with Gasteiger partial charge in [-0.15, -0.1) is 0 Å². The van der Waals surface area contributed by atoms with Crippen molar-refractivity contribution >= 4 is 5.78 Å². The fourth-order valence-electron chi connectivity index (χ4n) is 14.8. The Hall–Kier alpha value is -1.59. The van der Waals surface area contributed by atoms with Crippen LogP contribution in [-0.2, 0) is 9.53 Å². The summed E-state index contributed by atoms with van der Waals surface area (Å²) in [6.07, 6.45) is 19.3. The van der Waals surface area contributed by atoms with Crippen LogP contribution in [0.3, 0.4) is 0 Å². The van der Waals surface area contributed by atoms with E-state index >= 15 is 0 Å². The molecule has 0 aromatic rings. The van der Waals surface area contributed by atoms with Crippen molar-refractivity contribution in [2.75, 3.05) is 0 Å². The molecule has 54 heavy (non-hydrogen) atoms. The quantitative estimate of drug-likeness (QED) is 0.160. The van der Waals surface area contributed by atoms with Crippen molar-refractivity contribution in [3.05, 3.63) is 35.6 Å². The normalized spacial score (nSPS) is 48.0. The van der Waals surface area contributed by atoms with E-state index in [1.165, 1.54) is 19.3 Å². The number of dihydropyridines is 1. The Balaban J connectivity index is 1.12. The van der Waals surface area contributed by atoms with Gasteiger partial charge in [-0.05, 0) is 155 Å². The summed E-state index contributed by atoms with van der Waals surface area (Å²) in [5, 5.41) is 64.3. The van der Waals surface area contributed by atoms with Gasteiger partial charge in [-0.1, -0.05) is 52.0 Å². The molecular weight excluding hydrogens is 681 g/mol. The number of nitrogens with two attached hydrogens (primary N) is 1. The number of hydrogen-bond acceptors (Lipinski definition) is 9. The summed E-state index contributed by atoms with van der Waals surface area (Å²) in [6, 6.07) is 0. The minimum absolute atomic E-state index is 0.0562. The SMILES string of the molecule is CCCC1CCC2OC(C(O)C(C)(O)C3CCC4(O)C5=CC(=O)C6CC(O)C(O)CC6(CCC6=CNC(N)C=C6)C5CCC34C3CCCC3)C(C)C2CC1. The smallest absolute Gasteiger partial charge is 0.159 e. The van der Waals surface area contributed by atoms with E-state index in [-0.39, 0.29) is 48.1 Å². The first kappa shape index (κ1) is 39.2. The average Bonchev–Trinajstić information content (AvgIpc) is 3.84. The van der Waals surface area contributed by atoms with E-state index in [0.29, 0.717) is 44.4 Å². The molecule has 9 heteroatoms. The van der Waals surface area contributed by atoms with Crippen LogP contribution < -0.4 is 11.1 Å². The van der Waals surface area contributed by atoms with E-state index in [4.69, 9.17) is 10.5 Å². The highest BCUT2D eigenvalue weighted by Crippen LogP contribution is 2.73. The zero-order valence-corrected chi connectivity index (χ0v) is 33.2. The van der Waals surface area contributed by atoms with E-state index in [1.807, 2.05) is 25.3 Å². The summed E-state index contributed by atoms with van der Waals surface area (Å²) in [6.45, 7) is 6.30. The molecule has 0 spiro atoms. The molecule has 5 saturated carbocycles. The van der Waals surface area contributed by atoms with Gasteiger partial charge in [-0.2, -0.15) is 0 Å². The zero-order valence-electron chi connectivity index (χ0n) is 33.2. The minimum Gasteiger partial charge on any atom is -0.390 e. The van der Waals surface area contributed by atoms with Gasteiger partial charge in [0.1, 0.15) is 6.10 Å². The molecule has 0 aromatic carbocycles. The van der Waals surface area contributed by atoms with Crippen molar-refractivity contribution in [3.63, 3.8) is 0 Å². The number of allylic oxidation sites excluding steroid dienone is 3. The highest BCUT2D eigenvalue weighted by molar-refractivity contribution is 5.95. The molecule has 16 atom stereocenters. The summed E-state index contributed by atoms with van der Waals surface area (Å²) in [7, 11) is 0. The minimum atomic E-state index is -1.51. The first-order valence-corrected chi connectivity index (χ1v) is 22.1. The van der Waals surface area contributed by atoms with E-state index in [9.17, 15) is 30.3 Å². The number of ketones is 1. The molecule has 0 bridgehead atoms. The third-order valence-corrected chi connectivity index (χ3v) is 17.5. The van der Waals surface area contributed by atoms with Gasteiger partial charge in [0.25, 0.3) is 0 Å². The Morgan fingerprint density at radius 1 is 1.04 bits per heavy atom. The molecule has 1 saturated heterocycles. The molecule has 9 nitrogen and oxygen atoms in total. The third-order valence-electron chi connectivity index (χ3n) is 17.5. The number of aliphatic hydroxyl groups excluding tert-OH is 3. The van der Waals surface area contributed by atoms with Gasteiger partial charge in [0.2, 0.25) is 0 Å². The molecule has 8 rings (SSSR count). The largest absolute Gasteiger partial charge is 0.390 e. The van der Waals surface area contributed by atoms with Crippen LogP contribution in [0.15, 0.2) is 35.6 Å². The Kier molecular flexibility index (Phi) is 10.7. The fourth-order valence-corrected chi connectivity index (χ4v) is 14.8. The highest BCUT2D eigenvalue weighted by atomic mass is 16.5. The van der Waals surface area contributed by atoms with Crippen LogP contribution in [0.25, 0.3) is 0 Å². The molecule has 6 fully saturated rings. The number of hydrogen-bond donors (Lipinski definition) is 7. The van der Waals surface area contributed by atoms with Crippen LogP contribution >= 0.6 is 0 Å². The summed E-state index contributed by atoms with van der Waals surface area (Å²) < 4.78 is 6.79. The number of fused-ring (bicyclic) bond motifs is 6. The van der Waals surface area contributed by atoms with Crippen LogP contribution in [-0.4, -0.2) is 79.2 Å². The van der Waals surface area contributed by atoms with Crippen molar-refractivity contribution < 1.29 is 35.1 Å². The Morgan fingerprint density at radius 3 is 2.52 bits per heavy atom. The van der Waals surface area contributed by atoms with Crippen molar-refractivity contribution in [2.45, 2.75) is 184 Å². The Morgan fingerprint density at radius 2 is 1.80 bits per heavy atom.